The van der Waals surface area contributed by atoms with Crippen molar-refractivity contribution in [3.63, 3.8) is 0 Å². The van der Waals surface area contributed by atoms with Crippen LogP contribution >= 0.6 is 0 Å². The molecular weight excluding hydrogens is 348 g/mol. The van der Waals surface area contributed by atoms with Crippen molar-refractivity contribution in [2.45, 2.75) is 18.2 Å². The molecule has 1 aromatic rings. The summed E-state index contributed by atoms with van der Waals surface area (Å²) in [6, 6.07) is 2.56. The molecule has 0 bridgehead atoms. The van der Waals surface area contributed by atoms with Gasteiger partial charge in [-0.15, -0.1) is 0 Å². The minimum Gasteiger partial charge on any atom is -0.481 e. The summed E-state index contributed by atoms with van der Waals surface area (Å²) in [5, 5.41) is 11.7. The number of aromatic nitrogens is 1. The van der Waals surface area contributed by atoms with Crippen molar-refractivity contribution < 1.29 is 23.1 Å². The predicted molar refractivity (Wildman–Crippen MR) is 89.3 cm³/mol. The summed E-state index contributed by atoms with van der Waals surface area (Å²) in [7, 11) is -3.67. The van der Waals surface area contributed by atoms with Crippen LogP contribution in [0.4, 0.5) is 4.79 Å². The Balaban J connectivity index is 1.79. The summed E-state index contributed by atoms with van der Waals surface area (Å²) in [4.78, 5) is 28.5. The summed E-state index contributed by atoms with van der Waals surface area (Å²) in [6.45, 7) is 2.66. The molecule has 0 aromatic carbocycles. The smallest absolute Gasteiger partial charge is 0.317 e. The molecule has 2 rings (SSSR count). The number of likely N-dealkylation sites (tertiary alicyclic amines) is 1. The number of amides is 2. The van der Waals surface area contributed by atoms with Gasteiger partial charge >= 0.3 is 12.0 Å². The van der Waals surface area contributed by atoms with Gasteiger partial charge in [0, 0.05) is 38.6 Å². The van der Waals surface area contributed by atoms with E-state index in [1.807, 2.05) is 6.92 Å². The number of nitrogens with zero attached hydrogens (tertiary/aromatic N) is 2. The van der Waals surface area contributed by atoms with Crippen LogP contribution in [-0.4, -0.2) is 61.6 Å². The van der Waals surface area contributed by atoms with Gasteiger partial charge < -0.3 is 15.3 Å². The molecule has 3 N–H and O–H groups in total. The number of carboxylic acid groups (broad SMARTS) is 1. The fourth-order valence-electron chi connectivity index (χ4n) is 2.75. The number of sulfonamides is 1. The first kappa shape index (κ1) is 19.1. The van der Waals surface area contributed by atoms with Crippen molar-refractivity contribution >= 4 is 22.0 Å². The number of urea groups is 1. The van der Waals surface area contributed by atoms with Gasteiger partial charge in [-0.1, -0.05) is 6.92 Å². The minimum atomic E-state index is -3.67. The molecule has 2 atom stereocenters. The molecular formula is C15H22N4O5S. The number of hydrogen-bond acceptors (Lipinski definition) is 5. The van der Waals surface area contributed by atoms with Gasteiger partial charge in [-0.2, -0.15) is 0 Å². The molecule has 9 nitrogen and oxygen atoms in total. The molecule has 0 aliphatic carbocycles. The fourth-order valence-corrected chi connectivity index (χ4v) is 3.75. The van der Waals surface area contributed by atoms with E-state index in [1.165, 1.54) is 29.4 Å². The van der Waals surface area contributed by atoms with E-state index in [4.69, 9.17) is 5.11 Å². The number of carbonyl (C=O) groups is 2. The molecule has 0 spiro atoms. The van der Waals surface area contributed by atoms with E-state index < -0.39 is 27.9 Å². The van der Waals surface area contributed by atoms with Gasteiger partial charge in [0.15, 0.2) is 0 Å². The van der Waals surface area contributed by atoms with Crippen LogP contribution in [0.5, 0.6) is 0 Å². The molecule has 1 aromatic heterocycles. The summed E-state index contributed by atoms with van der Waals surface area (Å²) in [5.74, 6) is -1.38. The minimum absolute atomic E-state index is 0.0225. The van der Waals surface area contributed by atoms with Gasteiger partial charge in [-0.3, -0.25) is 9.78 Å². The molecule has 0 radical (unpaired) electrons. The van der Waals surface area contributed by atoms with Gasteiger partial charge in [-0.25, -0.2) is 17.9 Å². The number of hydrogen-bond donors (Lipinski definition) is 3. The highest BCUT2D eigenvalue weighted by molar-refractivity contribution is 7.89. The van der Waals surface area contributed by atoms with E-state index in [0.717, 1.165) is 0 Å². The van der Waals surface area contributed by atoms with Crippen LogP contribution in [-0.2, 0) is 14.8 Å². The summed E-state index contributed by atoms with van der Waals surface area (Å²) >= 11 is 0. The highest BCUT2D eigenvalue weighted by Crippen LogP contribution is 2.21. The Hall–Kier alpha value is -2.20. The van der Waals surface area contributed by atoms with Crippen LogP contribution < -0.4 is 10.0 Å². The Kier molecular flexibility index (Phi) is 6.32. The van der Waals surface area contributed by atoms with Gasteiger partial charge in [0.2, 0.25) is 10.0 Å². The Morgan fingerprint density at radius 2 is 2.12 bits per heavy atom. The number of piperidine rings is 1. The zero-order chi connectivity index (χ0) is 18.4. The number of pyridine rings is 1. The van der Waals surface area contributed by atoms with E-state index in [1.54, 1.807) is 0 Å². The van der Waals surface area contributed by atoms with E-state index in [-0.39, 0.29) is 30.4 Å². The zero-order valence-electron chi connectivity index (χ0n) is 13.9. The summed E-state index contributed by atoms with van der Waals surface area (Å²) in [5.41, 5.74) is 0. The SMILES string of the molecule is CC1CC(C(=O)O)CN(C(=O)NCCNS(=O)(=O)c2cccnc2)C1. The van der Waals surface area contributed by atoms with E-state index in [9.17, 15) is 18.0 Å². The lowest BCUT2D eigenvalue weighted by Crippen LogP contribution is -2.50. The lowest BCUT2D eigenvalue weighted by atomic mass is 9.91. The molecule has 1 saturated heterocycles. The van der Waals surface area contributed by atoms with Crippen molar-refractivity contribution in [2.75, 3.05) is 26.2 Å². The maximum absolute atomic E-state index is 12.1. The lowest BCUT2D eigenvalue weighted by Gasteiger charge is -2.34. The largest absolute Gasteiger partial charge is 0.481 e. The highest BCUT2D eigenvalue weighted by Gasteiger charge is 2.31. The van der Waals surface area contributed by atoms with Crippen molar-refractivity contribution in [1.82, 2.24) is 19.9 Å². The Bertz CT molecular complexity index is 710. The molecule has 25 heavy (non-hydrogen) atoms. The van der Waals surface area contributed by atoms with E-state index >= 15 is 0 Å². The number of carboxylic acids is 1. The van der Waals surface area contributed by atoms with Crippen molar-refractivity contribution in [1.29, 1.82) is 0 Å². The number of rotatable bonds is 6. The highest BCUT2D eigenvalue weighted by atomic mass is 32.2. The first-order valence-corrected chi connectivity index (χ1v) is 9.43. The summed E-state index contributed by atoms with van der Waals surface area (Å²) < 4.78 is 26.4. The lowest BCUT2D eigenvalue weighted by molar-refractivity contribution is -0.143. The van der Waals surface area contributed by atoms with E-state index in [0.29, 0.717) is 13.0 Å². The van der Waals surface area contributed by atoms with Crippen LogP contribution in [0.15, 0.2) is 29.4 Å². The molecule has 10 heteroatoms. The second-order valence-corrected chi connectivity index (χ2v) is 7.87. The van der Waals surface area contributed by atoms with Crippen molar-refractivity contribution in [3.8, 4) is 0 Å². The molecule has 1 fully saturated rings. The molecule has 2 amide bonds. The van der Waals surface area contributed by atoms with Crippen LogP contribution in [0.3, 0.4) is 0 Å². The number of nitrogens with one attached hydrogen (secondary N) is 2. The van der Waals surface area contributed by atoms with Gasteiger partial charge in [0.25, 0.3) is 0 Å². The summed E-state index contributed by atoms with van der Waals surface area (Å²) in [6.07, 6.45) is 3.26. The molecule has 0 saturated carbocycles. The third kappa shape index (κ3) is 5.40. The molecule has 2 heterocycles. The molecule has 1 aliphatic rings. The molecule has 1 aliphatic heterocycles. The Morgan fingerprint density at radius 3 is 2.76 bits per heavy atom. The Labute approximate surface area is 146 Å². The number of carbonyl (C=O) groups excluding carboxylic acids is 1. The van der Waals surface area contributed by atoms with Crippen LogP contribution in [0.1, 0.15) is 13.3 Å². The fraction of sp³-hybridized carbons (Fsp3) is 0.533. The van der Waals surface area contributed by atoms with Crippen LogP contribution in [0.2, 0.25) is 0 Å². The normalized spacial score (nSPS) is 20.9. The average molecular weight is 370 g/mol. The second-order valence-electron chi connectivity index (χ2n) is 6.10. The quantitative estimate of drug-likeness (QED) is 0.610. The predicted octanol–water partition coefficient (Wildman–Crippen LogP) is 0.112. The maximum atomic E-state index is 12.1. The first-order valence-electron chi connectivity index (χ1n) is 7.95. The monoisotopic (exact) mass is 370 g/mol. The standard InChI is InChI=1S/C15H22N4O5S/c1-11-7-12(14(20)21)10-19(9-11)15(22)17-5-6-18-25(23,24)13-3-2-4-16-8-13/h2-4,8,11-12,18H,5-7,9-10H2,1H3,(H,17,22)(H,20,21). The van der Waals surface area contributed by atoms with Gasteiger partial charge in [0.1, 0.15) is 4.90 Å². The first-order chi connectivity index (χ1) is 11.8. The zero-order valence-corrected chi connectivity index (χ0v) is 14.7. The van der Waals surface area contributed by atoms with Crippen LogP contribution in [0, 0.1) is 11.8 Å². The molecule has 138 valence electrons. The third-order valence-corrected chi connectivity index (χ3v) is 5.38. The van der Waals surface area contributed by atoms with Gasteiger partial charge in [0.05, 0.1) is 5.92 Å². The van der Waals surface area contributed by atoms with Gasteiger partial charge in [-0.05, 0) is 24.5 Å². The Morgan fingerprint density at radius 1 is 1.36 bits per heavy atom. The average Bonchev–Trinajstić information content (AvgIpc) is 2.58. The van der Waals surface area contributed by atoms with Crippen molar-refractivity contribution in [3.05, 3.63) is 24.5 Å². The third-order valence-electron chi connectivity index (χ3n) is 3.93. The maximum Gasteiger partial charge on any atom is 0.317 e. The topological polar surface area (TPSA) is 129 Å². The van der Waals surface area contributed by atoms with E-state index in [2.05, 4.69) is 15.0 Å². The second kappa shape index (κ2) is 8.26. The van der Waals surface area contributed by atoms with Crippen molar-refractivity contribution in [2.24, 2.45) is 11.8 Å². The van der Waals surface area contributed by atoms with Crippen LogP contribution in [0.25, 0.3) is 0 Å². The number of aliphatic carboxylic acids is 1. The molecule has 2 unspecified atom stereocenters.